The second kappa shape index (κ2) is 9.44. The van der Waals surface area contributed by atoms with Gasteiger partial charge in [0, 0.05) is 45.2 Å². The first-order chi connectivity index (χ1) is 15.8. The van der Waals surface area contributed by atoms with Crippen molar-refractivity contribution >= 4 is 11.7 Å². The molecule has 33 heavy (non-hydrogen) atoms. The molecule has 4 rings (SSSR count). The molecule has 3 heterocycles. The number of halogens is 2. The fraction of sp³-hybridized carbons (Fsp3) is 0.500. The number of carbonyl (C=O) groups excluding carboxylic acids is 1. The minimum atomic E-state index is -0.766. The second-order valence-corrected chi connectivity index (χ2v) is 8.32. The Morgan fingerprint density at radius 3 is 2.85 bits per heavy atom. The third-order valence-electron chi connectivity index (χ3n) is 6.17. The Kier molecular flexibility index (Phi) is 6.61. The number of carbonyl (C=O) groups is 1. The van der Waals surface area contributed by atoms with E-state index in [1.54, 1.807) is 7.05 Å². The van der Waals surface area contributed by atoms with Crippen LogP contribution in [-0.4, -0.2) is 51.9 Å². The van der Waals surface area contributed by atoms with Gasteiger partial charge in [0.15, 0.2) is 11.7 Å². The van der Waals surface area contributed by atoms with Gasteiger partial charge in [0.25, 0.3) is 0 Å². The van der Waals surface area contributed by atoms with Gasteiger partial charge < -0.3 is 25.8 Å². The van der Waals surface area contributed by atoms with E-state index < -0.39 is 23.8 Å². The average molecular weight is 462 g/mol. The summed E-state index contributed by atoms with van der Waals surface area (Å²) in [5.74, 6) is -0.397. The highest BCUT2D eigenvalue weighted by Crippen LogP contribution is 2.35. The zero-order chi connectivity index (χ0) is 23.7. The summed E-state index contributed by atoms with van der Waals surface area (Å²) < 4.78 is 36.3. The van der Waals surface area contributed by atoms with Crippen LogP contribution in [0, 0.1) is 11.6 Å². The number of amides is 1. The van der Waals surface area contributed by atoms with E-state index in [0.717, 1.165) is 29.6 Å². The Morgan fingerprint density at radius 2 is 2.15 bits per heavy atom. The molecule has 2 aliphatic rings. The summed E-state index contributed by atoms with van der Waals surface area (Å²) in [6.07, 6.45) is -0.232. The Labute approximate surface area is 191 Å². The fourth-order valence-corrected chi connectivity index (χ4v) is 4.75. The van der Waals surface area contributed by atoms with Crippen LogP contribution in [0.5, 0.6) is 0 Å². The van der Waals surface area contributed by atoms with Gasteiger partial charge in [0.1, 0.15) is 17.7 Å². The monoisotopic (exact) mass is 461 g/mol. The van der Waals surface area contributed by atoms with Gasteiger partial charge >= 0.3 is 0 Å². The van der Waals surface area contributed by atoms with E-state index in [4.69, 9.17) is 15.5 Å². The predicted octanol–water partition coefficient (Wildman–Crippen LogP) is 1.37. The molecular weight excluding hydrogens is 432 g/mol. The molecule has 9 nitrogen and oxygen atoms in total. The number of rotatable bonds is 6. The molecule has 2 unspecified atom stereocenters. The number of nitrogens with zero attached hydrogens (tertiary/aromatic N) is 4. The summed E-state index contributed by atoms with van der Waals surface area (Å²) in [7, 11) is 1.68. The lowest BCUT2D eigenvalue weighted by atomic mass is 9.92. The first-order valence-corrected chi connectivity index (χ1v) is 11.0. The van der Waals surface area contributed by atoms with E-state index in [9.17, 15) is 13.6 Å². The lowest BCUT2D eigenvalue weighted by Gasteiger charge is -2.40. The molecule has 2 aliphatic heterocycles. The van der Waals surface area contributed by atoms with E-state index in [0.29, 0.717) is 44.3 Å². The van der Waals surface area contributed by atoms with Crippen LogP contribution in [0.3, 0.4) is 0 Å². The molecule has 1 amide bonds. The van der Waals surface area contributed by atoms with Crippen molar-refractivity contribution in [3.8, 4) is 0 Å². The molecule has 0 spiro atoms. The van der Waals surface area contributed by atoms with E-state index in [2.05, 4.69) is 20.7 Å². The smallest absolute Gasteiger partial charge is 0.217 e. The zero-order valence-electron chi connectivity index (χ0n) is 18.9. The normalized spacial score (nSPS) is 23.4. The number of aromatic nitrogens is 2. The highest BCUT2D eigenvalue weighted by molar-refractivity contribution is 5.94. The average Bonchev–Trinajstić information content (AvgIpc) is 3.33. The van der Waals surface area contributed by atoms with Gasteiger partial charge in [-0.25, -0.2) is 13.8 Å². The van der Waals surface area contributed by atoms with Crippen molar-refractivity contribution in [2.24, 2.45) is 10.8 Å². The second-order valence-electron chi connectivity index (χ2n) is 8.32. The number of hydrazone groups is 1. The Balaban J connectivity index is 1.53. The SMILES string of the molecule is CCn1c(/C(N)=N/NC)nc2c1CN(C1CO[C@H](c3cc(F)ccc3F)C(NC(C)=O)C1)C2. The molecule has 1 fully saturated rings. The molecule has 178 valence electrons. The van der Waals surface area contributed by atoms with Crippen molar-refractivity contribution in [1.29, 1.82) is 0 Å². The zero-order valence-corrected chi connectivity index (χ0v) is 18.9. The third-order valence-corrected chi connectivity index (χ3v) is 6.17. The number of ether oxygens (including phenoxy) is 1. The van der Waals surface area contributed by atoms with Crippen molar-refractivity contribution < 1.29 is 18.3 Å². The number of amidine groups is 1. The molecule has 0 bridgehead atoms. The van der Waals surface area contributed by atoms with Crippen LogP contribution in [0.25, 0.3) is 0 Å². The lowest BCUT2D eigenvalue weighted by Crippen LogP contribution is -2.51. The van der Waals surface area contributed by atoms with Gasteiger partial charge in [-0.2, -0.15) is 5.10 Å². The Morgan fingerprint density at radius 1 is 1.36 bits per heavy atom. The van der Waals surface area contributed by atoms with E-state index in [1.807, 2.05) is 11.5 Å². The van der Waals surface area contributed by atoms with Gasteiger partial charge in [-0.3, -0.25) is 9.69 Å². The molecule has 0 saturated carbocycles. The van der Waals surface area contributed by atoms with Crippen molar-refractivity contribution in [2.45, 2.75) is 58.1 Å². The highest BCUT2D eigenvalue weighted by Gasteiger charge is 2.39. The number of fused-ring (bicyclic) bond motifs is 1. The number of nitrogens with two attached hydrogens (primary N) is 1. The molecule has 1 aromatic carbocycles. The van der Waals surface area contributed by atoms with Crippen molar-refractivity contribution in [3.05, 3.63) is 52.6 Å². The molecule has 3 atom stereocenters. The summed E-state index contributed by atoms with van der Waals surface area (Å²) in [5, 5.41) is 6.91. The quantitative estimate of drug-likeness (QED) is 0.341. The maximum Gasteiger partial charge on any atom is 0.217 e. The molecule has 2 aromatic rings. The molecule has 1 aromatic heterocycles. The molecule has 1 saturated heterocycles. The summed E-state index contributed by atoms with van der Waals surface area (Å²) in [6, 6.07) is 2.76. The largest absolute Gasteiger partial charge is 0.379 e. The van der Waals surface area contributed by atoms with Crippen LogP contribution in [-0.2, 0) is 29.2 Å². The molecular formula is C22H29F2N7O2. The molecule has 4 N–H and O–H groups in total. The maximum atomic E-state index is 14.4. The van der Waals surface area contributed by atoms with Gasteiger partial charge in [-0.15, -0.1) is 0 Å². The van der Waals surface area contributed by atoms with E-state index in [-0.39, 0.29) is 17.5 Å². The highest BCUT2D eigenvalue weighted by atomic mass is 19.1. The van der Waals surface area contributed by atoms with Gasteiger partial charge in [0.05, 0.1) is 24.0 Å². The van der Waals surface area contributed by atoms with Crippen LogP contribution >= 0.6 is 0 Å². The third kappa shape index (κ3) is 4.55. The van der Waals surface area contributed by atoms with Crippen LogP contribution in [0.1, 0.15) is 49.1 Å². The topological polar surface area (TPSA) is 110 Å². The van der Waals surface area contributed by atoms with Gasteiger partial charge in [0.2, 0.25) is 5.91 Å². The van der Waals surface area contributed by atoms with E-state index in [1.165, 1.54) is 6.92 Å². The molecule has 0 radical (unpaired) electrons. The predicted molar refractivity (Wildman–Crippen MR) is 118 cm³/mol. The van der Waals surface area contributed by atoms with Gasteiger partial charge in [-0.1, -0.05) is 0 Å². The van der Waals surface area contributed by atoms with Gasteiger partial charge in [-0.05, 0) is 31.5 Å². The fourth-order valence-electron chi connectivity index (χ4n) is 4.75. The van der Waals surface area contributed by atoms with Crippen LogP contribution in [0.4, 0.5) is 8.78 Å². The molecule has 11 heteroatoms. The van der Waals surface area contributed by atoms with Crippen LogP contribution in [0.15, 0.2) is 23.3 Å². The Hall–Kier alpha value is -3.05. The first kappa shape index (κ1) is 23.1. The number of hydrogen-bond acceptors (Lipinski definition) is 6. The minimum absolute atomic E-state index is 0.0269. The van der Waals surface area contributed by atoms with E-state index >= 15 is 0 Å². The Bertz CT molecular complexity index is 1070. The number of benzene rings is 1. The van der Waals surface area contributed by atoms with Crippen molar-refractivity contribution in [2.75, 3.05) is 13.7 Å². The van der Waals surface area contributed by atoms with Crippen LogP contribution < -0.4 is 16.5 Å². The van der Waals surface area contributed by atoms with Crippen molar-refractivity contribution in [3.63, 3.8) is 0 Å². The summed E-state index contributed by atoms with van der Waals surface area (Å²) in [5.41, 5.74) is 10.8. The summed E-state index contributed by atoms with van der Waals surface area (Å²) in [4.78, 5) is 18.8. The minimum Gasteiger partial charge on any atom is -0.379 e. The standard InChI is InChI=1S/C22H29F2N7O2/c1-4-31-19-10-30(9-18(19)28-22(31)21(25)29-26-3)14-8-17(27-12(2)32)20(33-11-14)15-7-13(23)5-6-16(15)24/h5-7,14,17,20,26H,4,8-11H2,1-3H3,(H2,25,29)(H,27,32)/t14?,17?,20-/m1/s1. The summed E-state index contributed by atoms with van der Waals surface area (Å²) in [6.45, 7) is 5.69. The lowest BCUT2D eigenvalue weighted by molar-refractivity contribution is -0.123. The number of nitrogens with one attached hydrogen (secondary N) is 2. The first-order valence-electron chi connectivity index (χ1n) is 11.0. The maximum absolute atomic E-state index is 14.4. The number of imidazole rings is 1. The van der Waals surface area contributed by atoms with Crippen LogP contribution in [0.2, 0.25) is 0 Å². The van der Waals surface area contributed by atoms with Crippen molar-refractivity contribution in [1.82, 2.24) is 25.2 Å². The molecule has 0 aliphatic carbocycles. The number of hydrogen-bond donors (Lipinski definition) is 3. The summed E-state index contributed by atoms with van der Waals surface area (Å²) >= 11 is 0.